The van der Waals surface area contributed by atoms with Crippen LogP contribution in [0.1, 0.15) is 39.5 Å². The van der Waals surface area contributed by atoms with Crippen LogP contribution in [0.5, 0.6) is 11.5 Å². The number of fused-ring (bicyclic) bond motifs is 5. The van der Waals surface area contributed by atoms with Crippen molar-refractivity contribution in [3.05, 3.63) is 112 Å². The van der Waals surface area contributed by atoms with Crippen LogP contribution < -0.4 is 25.6 Å². The van der Waals surface area contributed by atoms with E-state index in [1.165, 1.54) is 18.8 Å². The summed E-state index contributed by atoms with van der Waals surface area (Å²) in [6.45, 7) is 6.41. The van der Waals surface area contributed by atoms with Gasteiger partial charge < -0.3 is 27.8 Å². The Hall–Kier alpha value is -5.62. The number of aromatic nitrogens is 1. The van der Waals surface area contributed by atoms with Gasteiger partial charge in [-0.05, 0) is 72.5 Å². The van der Waals surface area contributed by atoms with Crippen LogP contribution in [0, 0.1) is 0 Å². The second-order valence-corrected chi connectivity index (χ2v) is 17.7. The standard InChI is InChI=1S/C47H42N2O6S3/c1-6-8-18-49(19-9-7-2)30-15-14-29-20-33(47(51)54-37(29)21-30)35-16-17-36(48(35)3)41-26-43-45(58-41)44-42(56-43)25-40(57-44)28-12-10-27(11-13-28)32-24-34-38(53-5)22-31(52-4)23-39(34)55-46(32)50/h10-17,20-26H,6-9,18-19H2,1-5H3. The highest BCUT2D eigenvalue weighted by Crippen LogP contribution is 2.48. The molecule has 0 unspecified atom stereocenters. The van der Waals surface area contributed by atoms with E-state index in [2.05, 4.69) is 65.8 Å². The van der Waals surface area contributed by atoms with E-state index in [0.29, 0.717) is 39.2 Å². The van der Waals surface area contributed by atoms with E-state index >= 15 is 0 Å². The number of unbranched alkanes of at least 4 members (excludes halogenated alkanes) is 2. The number of anilines is 1. The number of nitrogens with zero attached hydrogens (tertiary/aromatic N) is 2. The Morgan fingerprint density at radius 1 is 0.638 bits per heavy atom. The van der Waals surface area contributed by atoms with Crippen molar-refractivity contribution in [2.75, 3.05) is 32.2 Å². The average Bonchev–Trinajstić information content (AvgIpc) is 4.01. The van der Waals surface area contributed by atoms with Gasteiger partial charge in [0, 0.05) is 63.7 Å². The van der Waals surface area contributed by atoms with Crippen molar-refractivity contribution in [3.63, 3.8) is 0 Å². The Morgan fingerprint density at radius 3 is 2.00 bits per heavy atom. The predicted molar refractivity (Wildman–Crippen MR) is 243 cm³/mol. The topological polar surface area (TPSA) is 87.0 Å². The molecule has 0 saturated heterocycles. The molecule has 0 fully saturated rings. The van der Waals surface area contributed by atoms with Crippen LogP contribution >= 0.6 is 34.0 Å². The van der Waals surface area contributed by atoms with Crippen LogP contribution in [-0.4, -0.2) is 31.9 Å². The summed E-state index contributed by atoms with van der Waals surface area (Å²) in [6.07, 6.45) is 4.53. The number of benzene rings is 3. The molecule has 0 atom stereocenters. The number of rotatable bonds is 13. The van der Waals surface area contributed by atoms with Gasteiger partial charge in [-0.1, -0.05) is 51.0 Å². The Kier molecular flexibility index (Phi) is 10.2. The van der Waals surface area contributed by atoms with Gasteiger partial charge in [0.1, 0.15) is 22.7 Å². The molecular weight excluding hydrogens is 785 g/mol. The molecule has 294 valence electrons. The molecule has 6 aromatic heterocycles. The zero-order valence-corrected chi connectivity index (χ0v) is 35.4. The fourth-order valence-corrected chi connectivity index (χ4v) is 11.7. The van der Waals surface area contributed by atoms with Gasteiger partial charge in [-0.2, -0.15) is 0 Å². The Balaban J connectivity index is 0.983. The van der Waals surface area contributed by atoms with E-state index in [1.54, 1.807) is 60.4 Å². The molecule has 0 aliphatic rings. The van der Waals surface area contributed by atoms with E-state index in [9.17, 15) is 9.59 Å². The molecule has 0 saturated carbocycles. The number of ether oxygens (including phenoxy) is 2. The van der Waals surface area contributed by atoms with Crippen LogP contribution in [0.2, 0.25) is 0 Å². The van der Waals surface area contributed by atoms with Gasteiger partial charge >= 0.3 is 11.3 Å². The maximum atomic E-state index is 13.5. The molecule has 0 aliphatic carbocycles. The second-order valence-electron chi connectivity index (χ2n) is 14.5. The molecule has 0 amide bonds. The van der Waals surface area contributed by atoms with Gasteiger partial charge in [0.2, 0.25) is 0 Å². The van der Waals surface area contributed by atoms with Crippen LogP contribution in [0.4, 0.5) is 5.69 Å². The molecule has 0 N–H and O–H groups in total. The van der Waals surface area contributed by atoms with Crippen LogP contribution in [0.25, 0.3) is 84.1 Å². The van der Waals surface area contributed by atoms with Crippen LogP contribution in [0.3, 0.4) is 0 Å². The monoisotopic (exact) mass is 826 g/mol. The van der Waals surface area contributed by atoms with Crippen LogP contribution in [0.15, 0.2) is 109 Å². The predicted octanol–water partition coefficient (Wildman–Crippen LogP) is 12.8. The molecule has 9 aromatic rings. The van der Waals surface area contributed by atoms with E-state index in [0.717, 1.165) is 82.1 Å². The summed E-state index contributed by atoms with van der Waals surface area (Å²) in [6, 6.07) is 30.2. The van der Waals surface area contributed by atoms with Crippen molar-refractivity contribution in [2.45, 2.75) is 39.5 Å². The summed E-state index contributed by atoms with van der Waals surface area (Å²) in [4.78, 5) is 31.3. The zero-order chi connectivity index (χ0) is 40.1. The van der Waals surface area contributed by atoms with Gasteiger partial charge in [-0.15, -0.1) is 34.0 Å². The van der Waals surface area contributed by atoms with Gasteiger partial charge in [0.25, 0.3) is 0 Å². The molecule has 0 bridgehead atoms. The first-order chi connectivity index (χ1) is 28.3. The lowest BCUT2D eigenvalue weighted by Crippen LogP contribution is -2.25. The van der Waals surface area contributed by atoms with E-state index in [-0.39, 0.29) is 5.63 Å². The lowest BCUT2D eigenvalue weighted by molar-refractivity contribution is 0.396. The molecule has 0 radical (unpaired) electrons. The summed E-state index contributed by atoms with van der Waals surface area (Å²) in [7, 11) is 5.16. The summed E-state index contributed by atoms with van der Waals surface area (Å²) in [5, 5.41) is 1.61. The van der Waals surface area contributed by atoms with Crippen molar-refractivity contribution in [1.82, 2.24) is 4.57 Å². The number of hydrogen-bond donors (Lipinski definition) is 0. The zero-order valence-electron chi connectivity index (χ0n) is 33.0. The highest BCUT2D eigenvalue weighted by atomic mass is 32.1. The highest BCUT2D eigenvalue weighted by Gasteiger charge is 2.20. The molecule has 8 nitrogen and oxygen atoms in total. The smallest absolute Gasteiger partial charge is 0.345 e. The molecule has 0 spiro atoms. The quantitative estimate of drug-likeness (QED) is 0.107. The average molecular weight is 827 g/mol. The van der Waals surface area contributed by atoms with Gasteiger partial charge in [0.15, 0.2) is 0 Å². The molecule has 58 heavy (non-hydrogen) atoms. The van der Waals surface area contributed by atoms with Gasteiger partial charge in [-0.25, -0.2) is 9.59 Å². The molecule has 11 heteroatoms. The highest BCUT2D eigenvalue weighted by molar-refractivity contribution is 7.40. The first kappa shape index (κ1) is 37.9. The molecule has 0 aliphatic heterocycles. The maximum Gasteiger partial charge on any atom is 0.345 e. The number of methoxy groups -OCH3 is 2. The van der Waals surface area contributed by atoms with Gasteiger partial charge in [-0.3, -0.25) is 0 Å². The summed E-state index contributed by atoms with van der Waals surface area (Å²) in [5.41, 5.74) is 6.13. The summed E-state index contributed by atoms with van der Waals surface area (Å²) < 4.78 is 29.7. The van der Waals surface area contributed by atoms with Crippen LogP contribution in [-0.2, 0) is 7.05 Å². The third kappa shape index (κ3) is 6.80. The Morgan fingerprint density at radius 2 is 1.29 bits per heavy atom. The fraction of sp³-hybridized carbons (Fsp3) is 0.234. The third-order valence-electron chi connectivity index (χ3n) is 10.8. The molecule has 9 rings (SSSR count). The van der Waals surface area contributed by atoms with Gasteiger partial charge in [0.05, 0.1) is 56.4 Å². The molecular formula is C47H42N2O6S3. The van der Waals surface area contributed by atoms with Crippen molar-refractivity contribution < 1.29 is 18.3 Å². The first-order valence-electron chi connectivity index (χ1n) is 19.5. The maximum absolute atomic E-state index is 13.5. The first-order valence-corrected chi connectivity index (χ1v) is 22.0. The minimum atomic E-state index is -0.421. The minimum absolute atomic E-state index is 0.332. The second kappa shape index (κ2) is 15.6. The SMILES string of the molecule is CCCCN(CCCC)c1ccc2cc(-c3ccc(-c4cc5sc6cc(-c7ccc(-c8cc9c(OC)cc(OC)cc9oc8=O)cc7)sc6c5s4)n3C)c(=O)oc2c1. The summed E-state index contributed by atoms with van der Waals surface area (Å²) >= 11 is 5.35. The number of hydrogen-bond acceptors (Lipinski definition) is 10. The van der Waals surface area contributed by atoms with Crippen molar-refractivity contribution in [1.29, 1.82) is 0 Å². The number of thiophene rings is 3. The third-order valence-corrected chi connectivity index (χ3v) is 14.7. The normalized spacial score (nSPS) is 11.7. The van der Waals surface area contributed by atoms with E-state index in [1.807, 2.05) is 43.4 Å². The van der Waals surface area contributed by atoms with Crippen molar-refractivity contribution in [2.24, 2.45) is 7.05 Å². The Bertz CT molecular complexity index is 3080. The summed E-state index contributed by atoms with van der Waals surface area (Å²) in [5.74, 6) is 1.13. The van der Waals surface area contributed by atoms with Crippen molar-refractivity contribution in [3.8, 4) is 54.9 Å². The minimum Gasteiger partial charge on any atom is -0.496 e. The fourth-order valence-electron chi connectivity index (χ4n) is 7.64. The lowest BCUT2D eigenvalue weighted by atomic mass is 10.0. The largest absolute Gasteiger partial charge is 0.496 e. The van der Waals surface area contributed by atoms with E-state index in [4.69, 9.17) is 18.3 Å². The van der Waals surface area contributed by atoms with Crippen molar-refractivity contribution >= 4 is 80.4 Å². The molecule has 3 aromatic carbocycles. The van der Waals surface area contributed by atoms with E-state index < -0.39 is 5.63 Å². The Labute approximate surface area is 347 Å². The lowest BCUT2D eigenvalue weighted by Gasteiger charge is -2.24. The molecule has 6 heterocycles.